The minimum Gasteiger partial charge on any atom is -0.453 e. The van der Waals surface area contributed by atoms with Crippen LogP contribution in [0.5, 0.6) is 11.5 Å². The molecule has 1 nitrogen and oxygen atoms in total. The molecule has 0 aliphatic rings. The predicted octanol–water partition coefficient (Wildman–Crippen LogP) is 13.0. The average molecular weight is 1010 g/mol. The Morgan fingerprint density at radius 2 is 0.784 bits per heavy atom. The van der Waals surface area contributed by atoms with E-state index in [4.69, 9.17) is 4.74 Å². The Morgan fingerprint density at radius 1 is 0.459 bits per heavy atom. The fraction of sp³-hybridized carbons (Fsp3) is 0.143. The van der Waals surface area contributed by atoms with Crippen molar-refractivity contribution in [2.24, 2.45) is 0 Å². The number of hydrogen-bond acceptors (Lipinski definition) is 1. The van der Waals surface area contributed by atoms with Crippen LogP contribution in [0.1, 0.15) is 33.4 Å². The van der Waals surface area contributed by atoms with Crippen LogP contribution in [0.15, 0.2) is 87.5 Å². The summed E-state index contributed by atoms with van der Waals surface area (Å²) in [6.07, 6.45) is 1.51. The van der Waals surface area contributed by atoms with Crippen LogP contribution in [0.4, 0.5) is 0 Å². The minimum atomic E-state index is 0.714. The maximum absolute atomic E-state index is 6.60. The number of rotatable bonds is 8. The molecule has 0 spiro atoms. The average Bonchev–Trinajstić information content (AvgIpc) is 2.89. The summed E-state index contributed by atoms with van der Waals surface area (Å²) in [5.41, 5.74) is 7.17. The summed E-state index contributed by atoms with van der Waals surface area (Å²) in [6.45, 7) is 0. The summed E-state index contributed by atoms with van der Waals surface area (Å²) in [5.74, 6) is 1.43. The number of alkyl halides is 2. The lowest BCUT2D eigenvalue weighted by Crippen LogP contribution is -1.99. The lowest BCUT2D eigenvalue weighted by atomic mass is 10.0. The van der Waals surface area contributed by atoms with Crippen molar-refractivity contribution in [1.29, 1.82) is 0 Å². The fourth-order valence-electron chi connectivity index (χ4n) is 3.74. The van der Waals surface area contributed by atoms with Gasteiger partial charge in [0.05, 0.1) is 17.9 Å². The molecule has 0 bridgehead atoms. The summed E-state index contributed by atoms with van der Waals surface area (Å²) in [6, 6.07) is 21.3. The van der Waals surface area contributed by atoms with E-state index in [0.29, 0.717) is 11.5 Å². The molecule has 4 aromatic rings. The summed E-state index contributed by atoms with van der Waals surface area (Å²) >= 11 is 29.6. The van der Waals surface area contributed by atoms with E-state index in [1.165, 1.54) is 22.3 Å². The molecule has 0 fully saturated rings. The Labute approximate surface area is 284 Å². The Hall–Kier alpha value is 0.520. The molecule has 0 unspecified atom stereocenters. The number of ether oxygens (including phenoxy) is 1. The van der Waals surface area contributed by atoms with E-state index in [-0.39, 0.29) is 0 Å². The van der Waals surface area contributed by atoms with Crippen LogP contribution >= 0.6 is 127 Å². The molecule has 0 radical (unpaired) electrons. The highest BCUT2D eigenvalue weighted by molar-refractivity contribution is 9.12. The van der Waals surface area contributed by atoms with Gasteiger partial charge in [-0.15, -0.1) is 0 Å². The van der Waals surface area contributed by atoms with E-state index in [0.717, 1.165) is 61.5 Å². The van der Waals surface area contributed by atoms with Crippen LogP contribution in [0.3, 0.4) is 0 Å². The smallest absolute Gasteiger partial charge is 0.156 e. The minimum absolute atomic E-state index is 0.714. The van der Waals surface area contributed by atoms with Crippen molar-refractivity contribution in [2.45, 2.75) is 23.5 Å². The molecule has 0 aromatic heterocycles. The molecule has 192 valence electrons. The molecule has 9 heteroatoms. The van der Waals surface area contributed by atoms with Crippen LogP contribution in [0, 0.1) is 0 Å². The monoisotopic (exact) mass is 1000 g/mol. The highest BCUT2D eigenvalue weighted by atomic mass is 79.9. The summed E-state index contributed by atoms with van der Waals surface area (Å²) in [4.78, 5) is 0. The van der Waals surface area contributed by atoms with Gasteiger partial charge < -0.3 is 4.74 Å². The molecule has 0 aliphatic carbocycles. The first-order valence-electron chi connectivity index (χ1n) is 11.0. The van der Waals surface area contributed by atoms with Crippen molar-refractivity contribution in [2.75, 3.05) is 0 Å². The van der Waals surface area contributed by atoms with E-state index in [1.54, 1.807) is 0 Å². The van der Waals surface area contributed by atoms with E-state index in [1.807, 2.05) is 12.1 Å². The van der Waals surface area contributed by atoms with Crippen molar-refractivity contribution in [3.05, 3.63) is 121 Å². The first-order valence-corrected chi connectivity index (χ1v) is 18.0. The Bertz CT molecular complexity index is 1310. The number of hydrogen-bond donors (Lipinski definition) is 0. The maximum atomic E-state index is 6.60. The number of benzene rings is 4. The van der Waals surface area contributed by atoms with Gasteiger partial charge in [-0.3, -0.25) is 0 Å². The van der Waals surface area contributed by atoms with Gasteiger partial charge in [0.25, 0.3) is 0 Å². The summed E-state index contributed by atoms with van der Waals surface area (Å²) < 4.78 is 12.1. The van der Waals surface area contributed by atoms with E-state index < -0.39 is 0 Å². The van der Waals surface area contributed by atoms with Crippen molar-refractivity contribution in [3.63, 3.8) is 0 Å². The second-order valence-electron chi connectivity index (χ2n) is 8.28. The molecule has 0 amide bonds. The molecule has 0 aliphatic heterocycles. The zero-order valence-corrected chi connectivity index (χ0v) is 31.7. The normalized spacial score (nSPS) is 11.1. The van der Waals surface area contributed by atoms with Gasteiger partial charge in [-0.2, -0.15) is 0 Å². The molecule has 37 heavy (non-hydrogen) atoms. The second-order valence-corrected chi connectivity index (χ2v) is 14.4. The third-order valence-electron chi connectivity index (χ3n) is 5.77. The van der Waals surface area contributed by atoms with Gasteiger partial charge >= 0.3 is 0 Å². The molecule has 0 saturated carbocycles. The van der Waals surface area contributed by atoms with Crippen LogP contribution in [0.25, 0.3) is 0 Å². The topological polar surface area (TPSA) is 9.23 Å². The Kier molecular flexibility index (Phi) is 11.5. The van der Waals surface area contributed by atoms with Crippen molar-refractivity contribution >= 4 is 127 Å². The zero-order chi connectivity index (χ0) is 26.7. The largest absolute Gasteiger partial charge is 0.453 e. The Morgan fingerprint density at radius 3 is 1.11 bits per heavy atom. The SMILES string of the molecule is BrCc1ccc(Cc2c(Br)cc(Br)c(Oc3c(Br)cc(Br)c(Cc4ccc(CBr)cc4)c3Br)c2Br)cc1. The second kappa shape index (κ2) is 13.9. The van der Waals surface area contributed by atoms with Gasteiger partial charge in [0.15, 0.2) is 11.5 Å². The van der Waals surface area contributed by atoms with Gasteiger partial charge in [0, 0.05) is 19.6 Å². The lowest BCUT2D eigenvalue weighted by Gasteiger charge is -2.19. The maximum Gasteiger partial charge on any atom is 0.156 e. The molecular weight excluding hydrogens is 992 g/mol. The lowest BCUT2D eigenvalue weighted by molar-refractivity contribution is 0.468. The van der Waals surface area contributed by atoms with Gasteiger partial charge in [-0.1, -0.05) is 112 Å². The first-order chi connectivity index (χ1) is 17.7. The van der Waals surface area contributed by atoms with Crippen LogP contribution in [0.2, 0.25) is 0 Å². The van der Waals surface area contributed by atoms with Crippen LogP contribution in [-0.4, -0.2) is 0 Å². The first kappa shape index (κ1) is 30.5. The van der Waals surface area contributed by atoms with Gasteiger partial charge in [-0.25, -0.2) is 0 Å². The molecule has 0 atom stereocenters. The standard InChI is InChI=1S/C28H18Br8O/c29-13-17-5-1-15(2-6-17)9-19-21(31)11-23(33)27(25(19)35)37-28-24(34)12-22(32)20(26(28)36)10-16-3-7-18(14-30)8-4-16/h1-8,11-12H,9-10,13-14H2. The fourth-order valence-corrected chi connectivity index (χ4v) is 9.61. The van der Waals surface area contributed by atoms with Gasteiger partial charge in [0.2, 0.25) is 0 Å². The van der Waals surface area contributed by atoms with Gasteiger partial charge in [0.1, 0.15) is 0 Å². The van der Waals surface area contributed by atoms with Crippen molar-refractivity contribution in [3.8, 4) is 11.5 Å². The van der Waals surface area contributed by atoms with Gasteiger partial charge in [-0.05, 0) is 122 Å². The molecule has 4 aromatic carbocycles. The molecule has 4 rings (SSSR count). The van der Waals surface area contributed by atoms with Crippen LogP contribution < -0.4 is 4.74 Å². The van der Waals surface area contributed by atoms with E-state index in [2.05, 4.69) is 176 Å². The molecular formula is C28H18Br8O. The highest BCUT2D eigenvalue weighted by Gasteiger charge is 2.21. The van der Waals surface area contributed by atoms with Crippen molar-refractivity contribution < 1.29 is 4.74 Å². The Balaban J connectivity index is 1.69. The molecule has 0 saturated heterocycles. The zero-order valence-electron chi connectivity index (χ0n) is 19.0. The third-order valence-corrected chi connectivity index (χ3v) is 11.3. The van der Waals surface area contributed by atoms with Crippen LogP contribution in [-0.2, 0) is 23.5 Å². The summed E-state index contributed by atoms with van der Waals surface area (Å²) in [7, 11) is 0. The quantitative estimate of drug-likeness (QED) is 0.160. The third kappa shape index (κ3) is 7.43. The summed E-state index contributed by atoms with van der Waals surface area (Å²) in [5, 5.41) is 1.69. The van der Waals surface area contributed by atoms with Crippen molar-refractivity contribution in [1.82, 2.24) is 0 Å². The van der Waals surface area contributed by atoms with E-state index in [9.17, 15) is 0 Å². The molecule has 0 N–H and O–H groups in total. The predicted molar refractivity (Wildman–Crippen MR) is 183 cm³/mol. The highest BCUT2D eigenvalue weighted by Crippen LogP contribution is 2.48. The van der Waals surface area contributed by atoms with E-state index >= 15 is 0 Å². The number of halogens is 8. The molecule has 0 heterocycles.